The largest absolute Gasteiger partial charge is 0.361 e. The van der Waals surface area contributed by atoms with Crippen LogP contribution in [0.15, 0.2) is 30.5 Å². The first-order valence-electron chi connectivity index (χ1n) is 3.94. The second kappa shape index (κ2) is 2.90. The fourth-order valence-electron chi connectivity index (χ4n) is 1.43. The van der Waals surface area contributed by atoms with Gasteiger partial charge < -0.3 is 4.98 Å². The number of nitro groups is 1. The zero-order valence-corrected chi connectivity index (χ0v) is 6.86. The van der Waals surface area contributed by atoms with Gasteiger partial charge in [0.15, 0.2) is 0 Å². The third-order valence-corrected chi connectivity index (χ3v) is 1.98. The summed E-state index contributed by atoms with van der Waals surface area (Å²) in [6, 6.07) is 7.35. The van der Waals surface area contributed by atoms with E-state index in [9.17, 15) is 10.1 Å². The van der Waals surface area contributed by atoms with Gasteiger partial charge in [0.2, 0.25) is 6.54 Å². The molecule has 66 valence electrons. The zero-order valence-electron chi connectivity index (χ0n) is 6.86. The number of nitrogens with zero attached hydrogens (tertiary/aromatic N) is 1. The summed E-state index contributed by atoms with van der Waals surface area (Å²) in [6.07, 6.45) is 1.79. The van der Waals surface area contributed by atoms with Gasteiger partial charge in [-0.05, 0) is 12.1 Å². The summed E-state index contributed by atoms with van der Waals surface area (Å²) >= 11 is 0. The number of nitrogens with one attached hydrogen (secondary N) is 1. The number of rotatable bonds is 2. The molecule has 0 atom stereocenters. The van der Waals surface area contributed by atoms with E-state index in [2.05, 4.69) is 4.98 Å². The van der Waals surface area contributed by atoms with Crippen LogP contribution in [0.5, 0.6) is 0 Å². The third-order valence-electron chi connectivity index (χ3n) is 1.98. The molecule has 0 aliphatic rings. The molecule has 0 unspecified atom stereocenters. The van der Waals surface area contributed by atoms with Crippen LogP contribution < -0.4 is 0 Å². The molecule has 0 saturated heterocycles. The molecule has 0 radical (unpaired) electrons. The number of H-pyrrole nitrogens is 1. The monoisotopic (exact) mass is 176 g/mol. The van der Waals surface area contributed by atoms with Gasteiger partial charge in [0.05, 0.1) is 0 Å². The maximum absolute atomic E-state index is 10.3. The first-order chi connectivity index (χ1) is 6.27. The Labute approximate surface area is 74.3 Å². The molecule has 0 spiro atoms. The predicted octanol–water partition coefficient (Wildman–Crippen LogP) is 1.94. The summed E-state index contributed by atoms with van der Waals surface area (Å²) < 4.78 is 0. The molecule has 0 aliphatic heterocycles. The maximum Gasteiger partial charge on any atom is 0.229 e. The van der Waals surface area contributed by atoms with Crippen molar-refractivity contribution in [1.82, 2.24) is 4.98 Å². The van der Waals surface area contributed by atoms with Gasteiger partial charge in [0.1, 0.15) is 0 Å². The first-order valence-corrected chi connectivity index (χ1v) is 3.94. The molecule has 13 heavy (non-hydrogen) atoms. The quantitative estimate of drug-likeness (QED) is 0.561. The van der Waals surface area contributed by atoms with Crippen molar-refractivity contribution in [2.45, 2.75) is 6.54 Å². The molecule has 1 aromatic heterocycles. The van der Waals surface area contributed by atoms with Gasteiger partial charge in [0, 0.05) is 27.6 Å². The fourth-order valence-corrected chi connectivity index (χ4v) is 1.43. The van der Waals surface area contributed by atoms with Gasteiger partial charge in [-0.15, -0.1) is 0 Å². The zero-order chi connectivity index (χ0) is 9.26. The Kier molecular flexibility index (Phi) is 1.73. The number of hydrogen-bond donors (Lipinski definition) is 1. The normalized spacial score (nSPS) is 10.5. The van der Waals surface area contributed by atoms with Crippen LogP contribution in [-0.2, 0) is 6.54 Å². The van der Waals surface area contributed by atoms with E-state index >= 15 is 0 Å². The molecule has 0 amide bonds. The van der Waals surface area contributed by atoms with Gasteiger partial charge in [0.25, 0.3) is 0 Å². The van der Waals surface area contributed by atoms with Gasteiger partial charge >= 0.3 is 0 Å². The van der Waals surface area contributed by atoms with Crippen LogP contribution in [0, 0.1) is 10.1 Å². The number of hydrogen-bond acceptors (Lipinski definition) is 2. The second-order valence-corrected chi connectivity index (χ2v) is 2.85. The standard InChI is InChI=1S/C9H8N2O2/c12-11(13)6-7-2-1-3-9-8(7)4-5-10-9/h1-5,10H,6H2. The molecule has 4 nitrogen and oxygen atoms in total. The van der Waals surface area contributed by atoms with Crippen LogP contribution in [0.25, 0.3) is 10.9 Å². The molecule has 2 rings (SSSR count). The summed E-state index contributed by atoms with van der Waals surface area (Å²) in [4.78, 5) is 13.0. The second-order valence-electron chi connectivity index (χ2n) is 2.85. The van der Waals surface area contributed by atoms with Crippen molar-refractivity contribution in [3.8, 4) is 0 Å². The number of benzene rings is 1. The Morgan fingerprint density at radius 3 is 3.00 bits per heavy atom. The van der Waals surface area contributed by atoms with E-state index in [1.54, 1.807) is 12.3 Å². The molecular formula is C9H8N2O2. The van der Waals surface area contributed by atoms with Crippen LogP contribution in [-0.4, -0.2) is 9.91 Å². The highest BCUT2D eigenvalue weighted by molar-refractivity contribution is 5.82. The first kappa shape index (κ1) is 7.79. The van der Waals surface area contributed by atoms with Gasteiger partial charge in [-0.25, -0.2) is 0 Å². The van der Waals surface area contributed by atoms with E-state index in [0.29, 0.717) is 0 Å². The van der Waals surface area contributed by atoms with Crippen LogP contribution in [0.2, 0.25) is 0 Å². The minimum absolute atomic E-state index is 0.116. The number of fused-ring (bicyclic) bond motifs is 1. The molecule has 2 aromatic rings. The van der Waals surface area contributed by atoms with E-state index in [-0.39, 0.29) is 11.5 Å². The fraction of sp³-hybridized carbons (Fsp3) is 0.111. The lowest BCUT2D eigenvalue weighted by molar-refractivity contribution is -0.496. The lowest BCUT2D eigenvalue weighted by Crippen LogP contribution is -1.97. The van der Waals surface area contributed by atoms with Crippen LogP contribution in [0.4, 0.5) is 0 Å². The highest BCUT2D eigenvalue weighted by Gasteiger charge is 2.06. The molecule has 0 aliphatic carbocycles. The summed E-state index contributed by atoms with van der Waals surface area (Å²) in [7, 11) is 0. The van der Waals surface area contributed by atoms with Crippen LogP contribution in [0.3, 0.4) is 0 Å². The predicted molar refractivity (Wildman–Crippen MR) is 49.0 cm³/mol. The van der Waals surface area contributed by atoms with Crippen molar-refractivity contribution in [1.29, 1.82) is 0 Å². The Balaban J connectivity index is 2.54. The highest BCUT2D eigenvalue weighted by atomic mass is 16.6. The van der Waals surface area contributed by atoms with Crippen molar-refractivity contribution in [3.05, 3.63) is 46.1 Å². The molecule has 1 heterocycles. The Morgan fingerprint density at radius 2 is 2.23 bits per heavy atom. The minimum atomic E-state index is -0.318. The van der Waals surface area contributed by atoms with Crippen LogP contribution in [0.1, 0.15) is 5.56 Å². The van der Waals surface area contributed by atoms with Crippen molar-refractivity contribution in [2.24, 2.45) is 0 Å². The van der Waals surface area contributed by atoms with Gasteiger partial charge in [-0.2, -0.15) is 0 Å². The maximum atomic E-state index is 10.3. The van der Waals surface area contributed by atoms with Crippen molar-refractivity contribution in [2.75, 3.05) is 0 Å². The molecule has 0 fully saturated rings. The topological polar surface area (TPSA) is 58.9 Å². The minimum Gasteiger partial charge on any atom is -0.361 e. The smallest absolute Gasteiger partial charge is 0.229 e. The summed E-state index contributed by atoms with van der Waals surface area (Å²) in [5, 5.41) is 11.3. The molecule has 1 N–H and O–H groups in total. The van der Waals surface area contributed by atoms with E-state index in [0.717, 1.165) is 16.5 Å². The highest BCUT2D eigenvalue weighted by Crippen LogP contribution is 2.17. The number of aromatic nitrogens is 1. The van der Waals surface area contributed by atoms with Crippen molar-refractivity contribution >= 4 is 10.9 Å². The molecule has 0 saturated carbocycles. The van der Waals surface area contributed by atoms with E-state index in [4.69, 9.17) is 0 Å². The average Bonchev–Trinajstić information content (AvgIpc) is 2.51. The lowest BCUT2D eigenvalue weighted by Gasteiger charge is -1.96. The van der Waals surface area contributed by atoms with Crippen molar-refractivity contribution < 1.29 is 4.92 Å². The van der Waals surface area contributed by atoms with Crippen molar-refractivity contribution in [3.63, 3.8) is 0 Å². The summed E-state index contributed by atoms with van der Waals surface area (Å²) in [5.74, 6) is 0. The Hall–Kier alpha value is -1.84. The summed E-state index contributed by atoms with van der Waals surface area (Å²) in [5.41, 5.74) is 1.70. The molecule has 4 heteroatoms. The average molecular weight is 176 g/mol. The third kappa shape index (κ3) is 1.38. The van der Waals surface area contributed by atoms with E-state index < -0.39 is 0 Å². The Morgan fingerprint density at radius 1 is 1.38 bits per heavy atom. The number of aromatic amines is 1. The molecule has 1 aromatic carbocycles. The lowest BCUT2D eigenvalue weighted by atomic mass is 10.1. The van der Waals surface area contributed by atoms with Gasteiger partial charge in [-0.3, -0.25) is 10.1 Å². The Bertz CT molecular complexity index is 448. The SMILES string of the molecule is O=[N+]([O-])Cc1cccc2[nH]ccc12. The molecular weight excluding hydrogens is 168 g/mol. The van der Waals surface area contributed by atoms with Crippen LogP contribution >= 0.6 is 0 Å². The van der Waals surface area contributed by atoms with Gasteiger partial charge in [-0.1, -0.05) is 12.1 Å². The summed E-state index contributed by atoms with van der Waals surface area (Å²) in [6.45, 7) is -0.116. The van der Waals surface area contributed by atoms with E-state index in [1.807, 2.05) is 18.2 Å². The molecule has 0 bridgehead atoms. The van der Waals surface area contributed by atoms with E-state index in [1.165, 1.54) is 0 Å².